The summed E-state index contributed by atoms with van der Waals surface area (Å²) >= 11 is 0. The average Bonchev–Trinajstić information content (AvgIpc) is 2.76. The van der Waals surface area contributed by atoms with E-state index in [1.165, 1.54) is 5.56 Å². The molecule has 2 fully saturated rings. The summed E-state index contributed by atoms with van der Waals surface area (Å²) in [5, 5.41) is 5.76. The topological polar surface area (TPSA) is 78.4 Å². The first-order chi connectivity index (χ1) is 14.5. The van der Waals surface area contributed by atoms with Crippen LogP contribution in [0.3, 0.4) is 0 Å². The van der Waals surface area contributed by atoms with Gasteiger partial charge < -0.3 is 4.90 Å². The van der Waals surface area contributed by atoms with Crippen LogP contribution in [0.15, 0.2) is 54.6 Å². The van der Waals surface area contributed by atoms with Crippen molar-refractivity contribution in [2.24, 2.45) is 11.7 Å². The third-order valence-corrected chi connectivity index (χ3v) is 6.22. The smallest absolute Gasteiger partial charge is 0.321 e. The van der Waals surface area contributed by atoms with Crippen molar-refractivity contribution in [2.45, 2.75) is 32.4 Å². The van der Waals surface area contributed by atoms with Gasteiger partial charge in [-0.3, -0.25) is 20.9 Å². The fraction of sp³-hybridized carbons (Fsp3) is 0.417. The van der Waals surface area contributed by atoms with Crippen LogP contribution in [0.5, 0.6) is 0 Å². The zero-order chi connectivity index (χ0) is 21.1. The number of carbonyl (C=O) groups is 1. The minimum atomic E-state index is 0.0994. The lowest BCUT2D eigenvalue weighted by atomic mass is 9.99. The number of nitrogens with zero attached hydrogens (tertiary/aromatic N) is 3. The Hall–Kier alpha value is -2.86. The monoisotopic (exact) mass is 406 g/mol. The molecule has 0 aromatic heterocycles. The van der Waals surface area contributed by atoms with E-state index in [4.69, 9.17) is 11.1 Å². The van der Waals surface area contributed by atoms with E-state index in [1.807, 2.05) is 29.2 Å². The molecule has 0 aliphatic carbocycles. The van der Waals surface area contributed by atoms with E-state index in [9.17, 15) is 4.79 Å². The maximum absolute atomic E-state index is 13.4. The zero-order valence-corrected chi connectivity index (χ0v) is 17.7. The van der Waals surface area contributed by atoms with Gasteiger partial charge in [0, 0.05) is 44.5 Å². The van der Waals surface area contributed by atoms with Gasteiger partial charge in [-0.25, -0.2) is 4.79 Å². The number of amides is 2. The molecule has 1 atom stereocenters. The molecule has 2 amide bonds. The lowest BCUT2D eigenvalue weighted by Gasteiger charge is -2.45. The first kappa shape index (κ1) is 20.4. The first-order valence-corrected chi connectivity index (χ1v) is 10.8. The van der Waals surface area contributed by atoms with Crippen LogP contribution >= 0.6 is 0 Å². The van der Waals surface area contributed by atoms with Gasteiger partial charge in [0.1, 0.15) is 0 Å². The number of carbonyl (C=O) groups excluding carboxylic acids is 1. The van der Waals surface area contributed by atoms with Crippen LogP contribution in [0.25, 0.3) is 0 Å². The van der Waals surface area contributed by atoms with Gasteiger partial charge in [0.2, 0.25) is 0 Å². The molecule has 4 N–H and O–H groups in total. The highest BCUT2D eigenvalue weighted by Gasteiger charge is 2.36. The van der Waals surface area contributed by atoms with Crippen molar-refractivity contribution in [2.75, 3.05) is 31.1 Å². The SMILES string of the molecule is CC1CN(c2cccc(C(N)=[NH2+])c2)C(=O)N(C2CCN(Cc3ccccc3)CC2)C1. The molecule has 6 nitrogen and oxygen atoms in total. The Morgan fingerprint density at radius 2 is 1.80 bits per heavy atom. The third kappa shape index (κ3) is 4.49. The van der Waals surface area contributed by atoms with E-state index in [2.05, 4.69) is 47.1 Å². The summed E-state index contributed by atoms with van der Waals surface area (Å²) in [6.07, 6.45) is 2.03. The van der Waals surface area contributed by atoms with Crippen molar-refractivity contribution in [1.82, 2.24) is 9.80 Å². The van der Waals surface area contributed by atoms with E-state index in [1.54, 1.807) is 0 Å². The van der Waals surface area contributed by atoms with Crippen molar-refractivity contribution in [3.8, 4) is 0 Å². The Morgan fingerprint density at radius 3 is 2.50 bits per heavy atom. The Morgan fingerprint density at radius 1 is 1.07 bits per heavy atom. The Kier molecular flexibility index (Phi) is 6.04. The molecule has 2 aromatic rings. The molecule has 1 unspecified atom stereocenters. The molecular weight excluding hydrogens is 374 g/mol. The quantitative estimate of drug-likeness (QED) is 0.586. The second kappa shape index (κ2) is 8.88. The number of hydrogen-bond acceptors (Lipinski definition) is 2. The maximum Gasteiger partial charge on any atom is 0.324 e. The summed E-state index contributed by atoms with van der Waals surface area (Å²) in [7, 11) is 0. The lowest BCUT2D eigenvalue weighted by molar-refractivity contribution is -0.114. The Labute approximate surface area is 178 Å². The van der Waals surface area contributed by atoms with Crippen LogP contribution in [-0.2, 0) is 6.54 Å². The number of nitrogens with two attached hydrogens (primary N) is 2. The average molecular weight is 407 g/mol. The molecule has 2 saturated heterocycles. The standard InChI is InChI=1S/C24H31N5O/c1-18-15-28(21-10-12-27(13-11-21)17-19-6-3-2-4-7-19)24(30)29(16-18)22-9-5-8-20(14-22)23(25)26/h2-9,14,18,21H,10-13,15-17H2,1H3,(H3,25,26)/p+1. The third-order valence-electron chi connectivity index (χ3n) is 6.22. The van der Waals surface area contributed by atoms with Crippen LogP contribution in [-0.4, -0.2) is 53.9 Å². The largest absolute Gasteiger partial charge is 0.324 e. The number of hydrogen-bond donors (Lipinski definition) is 2. The van der Waals surface area contributed by atoms with Gasteiger partial charge in [-0.15, -0.1) is 0 Å². The molecule has 6 heteroatoms. The summed E-state index contributed by atoms with van der Waals surface area (Å²) in [4.78, 5) is 19.9. The second-order valence-electron chi connectivity index (χ2n) is 8.65. The zero-order valence-electron chi connectivity index (χ0n) is 17.7. The van der Waals surface area contributed by atoms with E-state index in [0.29, 0.717) is 12.0 Å². The van der Waals surface area contributed by atoms with Gasteiger partial charge in [0.25, 0.3) is 5.84 Å². The molecule has 0 saturated carbocycles. The number of benzene rings is 2. The van der Waals surface area contributed by atoms with Crippen LogP contribution in [0.2, 0.25) is 0 Å². The van der Waals surface area contributed by atoms with Gasteiger partial charge in [0.15, 0.2) is 0 Å². The number of piperidine rings is 1. The Balaban J connectivity index is 1.42. The fourth-order valence-electron chi connectivity index (χ4n) is 4.62. The first-order valence-electron chi connectivity index (χ1n) is 10.8. The van der Waals surface area contributed by atoms with Crippen molar-refractivity contribution in [3.05, 3.63) is 65.7 Å². The van der Waals surface area contributed by atoms with Crippen molar-refractivity contribution in [1.29, 1.82) is 0 Å². The highest BCUT2D eigenvalue weighted by molar-refractivity contribution is 5.97. The molecule has 2 aliphatic heterocycles. The molecule has 0 radical (unpaired) electrons. The van der Waals surface area contributed by atoms with Crippen LogP contribution < -0.4 is 16.0 Å². The number of rotatable bonds is 5. The summed E-state index contributed by atoms with van der Waals surface area (Å²) in [6, 6.07) is 18.6. The molecule has 0 spiro atoms. The fourth-order valence-corrected chi connectivity index (χ4v) is 4.62. The Bertz CT molecular complexity index is 891. The van der Waals surface area contributed by atoms with Crippen molar-refractivity contribution in [3.63, 3.8) is 0 Å². The number of amidine groups is 1. The number of anilines is 1. The van der Waals surface area contributed by atoms with Gasteiger partial charge in [0.05, 0.1) is 5.56 Å². The van der Waals surface area contributed by atoms with Gasteiger partial charge in [-0.05, 0) is 42.5 Å². The van der Waals surface area contributed by atoms with Crippen LogP contribution in [0.4, 0.5) is 10.5 Å². The molecule has 0 bridgehead atoms. The van der Waals surface area contributed by atoms with Crippen molar-refractivity contribution < 1.29 is 10.2 Å². The van der Waals surface area contributed by atoms with Gasteiger partial charge in [-0.2, -0.15) is 0 Å². The lowest BCUT2D eigenvalue weighted by Crippen LogP contribution is -2.58. The molecular formula is C24H32N5O+. The summed E-state index contributed by atoms with van der Waals surface area (Å²) < 4.78 is 0. The number of likely N-dealkylation sites (tertiary alicyclic amines) is 1. The maximum atomic E-state index is 13.4. The summed E-state index contributed by atoms with van der Waals surface area (Å²) in [5.41, 5.74) is 8.74. The molecule has 30 heavy (non-hydrogen) atoms. The van der Waals surface area contributed by atoms with E-state index < -0.39 is 0 Å². The molecule has 2 aromatic carbocycles. The second-order valence-corrected chi connectivity index (χ2v) is 8.65. The molecule has 4 rings (SSSR count). The van der Waals surface area contributed by atoms with Crippen LogP contribution in [0, 0.1) is 5.92 Å². The van der Waals surface area contributed by atoms with Gasteiger partial charge >= 0.3 is 6.03 Å². The van der Waals surface area contributed by atoms with E-state index >= 15 is 0 Å². The summed E-state index contributed by atoms with van der Waals surface area (Å²) in [5.74, 6) is 0.685. The highest BCUT2D eigenvalue weighted by atomic mass is 16.2. The van der Waals surface area contributed by atoms with Crippen LogP contribution in [0.1, 0.15) is 30.9 Å². The minimum absolute atomic E-state index is 0.0994. The van der Waals surface area contributed by atoms with E-state index in [-0.39, 0.29) is 11.9 Å². The van der Waals surface area contributed by atoms with E-state index in [0.717, 1.165) is 56.8 Å². The minimum Gasteiger partial charge on any atom is -0.321 e. The molecule has 158 valence electrons. The predicted molar refractivity (Wildman–Crippen MR) is 120 cm³/mol. The normalized spacial score (nSPS) is 21.1. The van der Waals surface area contributed by atoms with Crippen molar-refractivity contribution >= 4 is 17.6 Å². The number of urea groups is 1. The van der Waals surface area contributed by atoms with Gasteiger partial charge in [-0.1, -0.05) is 43.3 Å². The molecule has 2 heterocycles. The molecule has 2 aliphatic rings. The summed E-state index contributed by atoms with van der Waals surface area (Å²) in [6.45, 7) is 6.77. The predicted octanol–water partition coefficient (Wildman–Crippen LogP) is 1.69. The highest BCUT2D eigenvalue weighted by Crippen LogP contribution is 2.28.